The molecular formula is C22H28IN5O. The zero-order valence-electron chi connectivity index (χ0n) is 16.5. The van der Waals surface area contributed by atoms with Gasteiger partial charge in [-0.2, -0.15) is 0 Å². The van der Waals surface area contributed by atoms with Crippen molar-refractivity contribution < 1.29 is 4.79 Å². The number of benzene rings is 2. The number of Topliss-reactive ketones (excluding diaryl/α,β-unsaturated/α-hetero) is 1. The SMILES string of the molecule is I.O=C(CCN1CCN(c2ccccc2)CC1)c1ccc(NC2=NCCN2)cc1. The molecule has 0 aliphatic carbocycles. The Morgan fingerprint density at radius 2 is 1.72 bits per heavy atom. The first-order valence-corrected chi connectivity index (χ1v) is 9.99. The number of hydrogen-bond acceptors (Lipinski definition) is 6. The number of aliphatic imine (C=N–C) groups is 1. The first-order chi connectivity index (χ1) is 13.8. The minimum atomic E-state index is 0. The van der Waals surface area contributed by atoms with E-state index in [1.165, 1.54) is 5.69 Å². The molecule has 0 bridgehead atoms. The van der Waals surface area contributed by atoms with Crippen LogP contribution in [0.5, 0.6) is 0 Å². The summed E-state index contributed by atoms with van der Waals surface area (Å²) in [7, 11) is 0. The molecule has 2 aromatic carbocycles. The summed E-state index contributed by atoms with van der Waals surface area (Å²) in [5.41, 5.74) is 3.00. The van der Waals surface area contributed by atoms with E-state index in [1.54, 1.807) is 0 Å². The van der Waals surface area contributed by atoms with Gasteiger partial charge < -0.3 is 15.5 Å². The van der Waals surface area contributed by atoms with Crippen LogP contribution >= 0.6 is 24.0 Å². The molecule has 0 spiro atoms. The van der Waals surface area contributed by atoms with Gasteiger partial charge in [0, 0.05) is 62.6 Å². The number of para-hydroxylation sites is 1. The summed E-state index contributed by atoms with van der Waals surface area (Å²) in [5.74, 6) is 1.00. The maximum atomic E-state index is 12.5. The number of hydrogen-bond donors (Lipinski definition) is 2. The summed E-state index contributed by atoms with van der Waals surface area (Å²) in [5, 5.41) is 6.40. The van der Waals surface area contributed by atoms with Crippen LogP contribution in [-0.4, -0.2) is 62.5 Å². The van der Waals surface area contributed by atoms with Gasteiger partial charge in [0.2, 0.25) is 0 Å². The van der Waals surface area contributed by atoms with Crippen LogP contribution in [0.1, 0.15) is 16.8 Å². The first kappa shape index (κ1) is 21.6. The number of nitrogens with zero attached hydrogens (tertiary/aromatic N) is 3. The first-order valence-electron chi connectivity index (χ1n) is 9.99. The highest BCUT2D eigenvalue weighted by molar-refractivity contribution is 14.0. The highest BCUT2D eigenvalue weighted by Crippen LogP contribution is 2.16. The van der Waals surface area contributed by atoms with Gasteiger partial charge in [-0.1, -0.05) is 18.2 Å². The van der Waals surface area contributed by atoms with Gasteiger partial charge in [0.05, 0.1) is 6.54 Å². The maximum absolute atomic E-state index is 12.5. The number of rotatable bonds is 6. The lowest BCUT2D eigenvalue weighted by Crippen LogP contribution is -2.46. The Morgan fingerprint density at radius 1 is 1.00 bits per heavy atom. The molecule has 0 radical (unpaired) electrons. The molecule has 7 heteroatoms. The van der Waals surface area contributed by atoms with E-state index in [-0.39, 0.29) is 29.8 Å². The van der Waals surface area contributed by atoms with E-state index in [2.05, 4.69) is 49.7 Å². The van der Waals surface area contributed by atoms with E-state index in [0.29, 0.717) is 6.42 Å². The van der Waals surface area contributed by atoms with E-state index in [9.17, 15) is 4.79 Å². The van der Waals surface area contributed by atoms with Crippen LogP contribution in [0.2, 0.25) is 0 Å². The number of carbonyl (C=O) groups excluding carboxylic acids is 1. The third kappa shape index (κ3) is 5.93. The quantitative estimate of drug-likeness (QED) is 0.467. The smallest absolute Gasteiger partial charge is 0.195 e. The summed E-state index contributed by atoms with van der Waals surface area (Å²) in [4.78, 5) is 21.6. The molecule has 2 aliphatic rings. The molecular weight excluding hydrogens is 477 g/mol. The average Bonchev–Trinajstić information content (AvgIpc) is 3.27. The van der Waals surface area contributed by atoms with Gasteiger partial charge in [-0.15, -0.1) is 24.0 Å². The second-order valence-electron chi connectivity index (χ2n) is 7.20. The fourth-order valence-electron chi connectivity index (χ4n) is 3.63. The number of piperazine rings is 1. The molecule has 2 aromatic rings. The molecule has 0 amide bonds. The zero-order valence-corrected chi connectivity index (χ0v) is 18.8. The highest BCUT2D eigenvalue weighted by atomic mass is 127. The van der Waals surface area contributed by atoms with Gasteiger partial charge >= 0.3 is 0 Å². The van der Waals surface area contributed by atoms with Crippen LogP contribution in [0, 0.1) is 0 Å². The van der Waals surface area contributed by atoms with Crippen molar-refractivity contribution in [3.63, 3.8) is 0 Å². The monoisotopic (exact) mass is 505 g/mol. The Labute approximate surface area is 189 Å². The number of guanidine groups is 1. The lowest BCUT2D eigenvalue weighted by atomic mass is 10.1. The van der Waals surface area contributed by atoms with Crippen LogP contribution in [0.3, 0.4) is 0 Å². The molecule has 2 N–H and O–H groups in total. The number of anilines is 2. The van der Waals surface area contributed by atoms with Crippen LogP contribution in [0.15, 0.2) is 59.6 Å². The van der Waals surface area contributed by atoms with Gasteiger partial charge in [-0.3, -0.25) is 14.7 Å². The van der Waals surface area contributed by atoms with Crippen molar-refractivity contribution in [2.75, 3.05) is 56.0 Å². The third-order valence-electron chi connectivity index (χ3n) is 5.29. The Hall–Kier alpha value is -2.13. The summed E-state index contributed by atoms with van der Waals surface area (Å²) < 4.78 is 0. The van der Waals surface area contributed by atoms with Crippen molar-refractivity contribution in [1.29, 1.82) is 0 Å². The van der Waals surface area contributed by atoms with E-state index in [1.807, 2.05) is 30.3 Å². The molecule has 0 saturated carbocycles. The van der Waals surface area contributed by atoms with Crippen LogP contribution in [0.4, 0.5) is 11.4 Å². The van der Waals surface area contributed by atoms with Crippen molar-refractivity contribution in [3.05, 3.63) is 60.2 Å². The molecule has 0 atom stereocenters. The summed E-state index contributed by atoms with van der Waals surface area (Å²) >= 11 is 0. The van der Waals surface area contributed by atoms with Gasteiger partial charge in [-0.25, -0.2) is 0 Å². The number of carbonyl (C=O) groups is 1. The van der Waals surface area contributed by atoms with Crippen molar-refractivity contribution in [2.24, 2.45) is 4.99 Å². The van der Waals surface area contributed by atoms with Crippen molar-refractivity contribution >= 4 is 47.1 Å². The van der Waals surface area contributed by atoms with Crippen molar-refractivity contribution in [2.45, 2.75) is 6.42 Å². The normalized spacial score (nSPS) is 16.6. The van der Waals surface area contributed by atoms with E-state index in [0.717, 1.165) is 63.0 Å². The lowest BCUT2D eigenvalue weighted by Gasteiger charge is -2.36. The molecule has 29 heavy (non-hydrogen) atoms. The number of halogens is 1. The predicted octanol–water partition coefficient (Wildman–Crippen LogP) is 3.07. The van der Waals surface area contributed by atoms with Crippen LogP contribution < -0.4 is 15.5 Å². The molecule has 1 fully saturated rings. The molecule has 6 nitrogen and oxygen atoms in total. The number of ketones is 1. The van der Waals surface area contributed by atoms with Crippen LogP contribution in [0.25, 0.3) is 0 Å². The average molecular weight is 505 g/mol. The second-order valence-corrected chi connectivity index (χ2v) is 7.20. The molecule has 154 valence electrons. The van der Waals surface area contributed by atoms with Crippen molar-refractivity contribution in [3.8, 4) is 0 Å². The summed E-state index contributed by atoms with van der Waals surface area (Å²) in [6, 6.07) is 18.2. The predicted molar refractivity (Wildman–Crippen MR) is 130 cm³/mol. The van der Waals surface area contributed by atoms with E-state index < -0.39 is 0 Å². The van der Waals surface area contributed by atoms with Crippen LogP contribution in [-0.2, 0) is 0 Å². The van der Waals surface area contributed by atoms with Gasteiger partial charge in [-0.05, 0) is 36.4 Å². The number of nitrogens with one attached hydrogen (secondary N) is 2. The highest BCUT2D eigenvalue weighted by Gasteiger charge is 2.18. The van der Waals surface area contributed by atoms with Gasteiger partial charge in [0.15, 0.2) is 11.7 Å². The maximum Gasteiger partial charge on any atom is 0.195 e. The Bertz CT molecular complexity index is 817. The minimum Gasteiger partial charge on any atom is -0.369 e. The molecule has 2 heterocycles. The second kappa shape index (κ2) is 10.6. The van der Waals surface area contributed by atoms with Gasteiger partial charge in [0.25, 0.3) is 0 Å². The Morgan fingerprint density at radius 3 is 2.38 bits per heavy atom. The summed E-state index contributed by atoms with van der Waals surface area (Å²) in [6.45, 7) is 6.52. The fourth-order valence-corrected chi connectivity index (χ4v) is 3.63. The third-order valence-corrected chi connectivity index (χ3v) is 5.29. The fraction of sp³-hybridized carbons (Fsp3) is 0.364. The minimum absolute atomic E-state index is 0. The zero-order chi connectivity index (χ0) is 19.2. The summed E-state index contributed by atoms with van der Waals surface area (Å²) in [6.07, 6.45) is 0.562. The topological polar surface area (TPSA) is 60.0 Å². The standard InChI is InChI=1S/C22H27N5O.HI/c28-21(18-6-8-19(9-7-18)25-22-23-11-12-24-22)10-13-26-14-16-27(17-15-26)20-4-2-1-3-5-20;/h1-9H,10-17H2,(H2,23,24,25);1H. The molecule has 0 unspecified atom stereocenters. The van der Waals surface area contributed by atoms with E-state index in [4.69, 9.17) is 0 Å². The molecule has 1 saturated heterocycles. The van der Waals surface area contributed by atoms with Gasteiger partial charge in [0.1, 0.15) is 0 Å². The molecule has 4 rings (SSSR count). The molecule has 2 aliphatic heterocycles. The largest absolute Gasteiger partial charge is 0.369 e. The molecule has 0 aromatic heterocycles. The van der Waals surface area contributed by atoms with Crippen molar-refractivity contribution in [1.82, 2.24) is 10.2 Å². The Kier molecular flexibility index (Phi) is 7.88. The Balaban J connectivity index is 0.00000240. The van der Waals surface area contributed by atoms with E-state index >= 15 is 0 Å². The lowest BCUT2D eigenvalue weighted by molar-refractivity contribution is 0.0962.